The molecule has 0 spiro atoms. The molecule has 0 radical (unpaired) electrons. The highest BCUT2D eigenvalue weighted by Gasteiger charge is 2.51. The molecule has 2 saturated heterocycles. The van der Waals surface area contributed by atoms with E-state index in [0.29, 0.717) is 6.42 Å². The lowest BCUT2D eigenvalue weighted by Gasteiger charge is -2.46. The van der Waals surface area contributed by atoms with Crippen molar-refractivity contribution in [2.75, 3.05) is 19.8 Å². The van der Waals surface area contributed by atoms with Crippen LogP contribution in [0.15, 0.2) is 24.3 Å². The normalized spacial score (nSPS) is 22.7. The highest BCUT2D eigenvalue weighted by Crippen LogP contribution is 2.30. The van der Waals surface area contributed by atoms with Gasteiger partial charge in [-0.1, -0.05) is 346 Å². The van der Waals surface area contributed by atoms with Gasteiger partial charge in [-0.05, 0) is 44.9 Å². The predicted molar refractivity (Wildman–Crippen MR) is 378 cm³/mol. The lowest BCUT2D eigenvalue weighted by molar-refractivity contribution is -0.359. The summed E-state index contributed by atoms with van der Waals surface area (Å²) in [6, 6.07) is -0.914. The summed E-state index contributed by atoms with van der Waals surface area (Å²) in [5.74, 6) is -0.231. The van der Waals surface area contributed by atoms with Crippen LogP contribution in [0.5, 0.6) is 0 Å². The first kappa shape index (κ1) is 86.6. The minimum atomic E-state index is -1.79. The summed E-state index contributed by atoms with van der Waals surface area (Å²) in [4.78, 5) is 13.4. The number of hydrogen-bond donors (Lipinski definition) is 9. The lowest BCUT2D eigenvalue weighted by atomic mass is 9.97. The molecule has 92 heavy (non-hydrogen) atoms. The summed E-state index contributed by atoms with van der Waals surface area (Å²) in [5, 5.41) is 87.7. The van der Waals surface area contributed by atoms with Crippen molar-refractivity contribution in [2.24, 2.45) is 0 Å². The maximum absolute atomic E-state index is 13.4. The van der Waals surface area contributed by atoms with Gasteiger partial charge in [0.2, 0.25) is 5.91 Å². The third-order valence-corrected chi connectivity index (χ3v) is 19.6. The van der Waals surface area contributed by atoms with Crippen LogP contribution in [0.25, 0.3) is 0 Å². The van der Waals surface area contributed by atoms with Crippen LogP contribution in [0.3, 0.4) is 0 Å². The maximum atomic E-state index is 13.4. The van der Waals surface area contributed by atoms with Crippen molar-refractivity contribution in [1.82, 2.24) is 5.32 Å². The number of aliphatic hydroxyl groups is 8. The van der Waals surface area contributed by atoms with E-state index in [0.717, 1.165) is 38.5 Å². The van der Waals surface area contributed by atoms with Gasteiger partial charge in [0.25, 0.3) is 0 Å². The van der Waals surface area contributed by atoms with Crippen LogP contribution in [0.2, 0.25) is 0 Å². The number of amides is 1. The van der Waals surface area contributed by atoms with E-state index in [9.17, 15) is 45.6 Å². The Hall–Kier alpha value is -1.53. The van der Waals surface area contributed by atoms with Crippen molar-refractivity contribution in [3.05, 3.63) is 24.3 Å². The molecule has 0 aromatic heterocycles. The smallest absolute Gasteiger partial charge is 0.220 e. The Morgan fingerprint density at radius 1 is 0.380 bits per heavy atom. The highest BCUT2D eigenvalue weighted by molar-refractivity contribution is 5.76. The molecular formula is C78H149NO13. The molecule has 12 atom stereocenters. The van der Waals surface area contributed by atoms with Gasteiger partial charge in [0.05, 0.1) is 32.0 Å². The van der Waals surface area contributed by atoms with Gasteiger partial charge in [-0.2, -0.15) is 0 Å². The zero-order chi connectivity index (χ0) is 66.6. The predicted octanol–water partition coefficient (Wildman–Crippen LogP) is 17.5. The fraction of sp³-hybridized carbons (Fsp3) is 0.936. The Bertz CT molecular complexity index is 1640. The molecule has 14 heteroatoms. The lowest BCUT2D eigenvalue weighted by Crippen LogP contribution is -2.65. The van der Waals surface area contributed by atoms with Crippen LogP contribution in [-0.2, 0) is 23.7 Å². The van der Waals surface area contributed by atoms with Crippen LogP contribution in [-0.4, -0.2) is 140 Å². The van der Waals surface area contributed by atoms with E-state index in [2.05, 4.69) is 31.3 Å². The van der Waals surface area contributed by atoms with E-state index >= 15 is 0 Å². The Kier molecular flexibility index (Phi) is 59.2. The van der Waals surface area contributed by atoms with Crippen molar-refractivity contribution in [3.63, 3.8) is 0 Å². The van der Waals surface area contributed by atoms with E-state index in [4.69, 9.17) is 18.9 Å². The third kappa shape index (κ3) is 45.9. The molecule has 0 aliphatic carbocycles. The average molecular weight is 1310 g/mol. The van der Waals surface area contributed by atoms with Crippen LogP contribution < -0.4 is 5.32 Å². The summed E-state index contributed by atoms with van der Waals surface area (Å²) >= 11 is 0. The molecule has 2 aliphatic heterocycles. The number of aliphatic hydroxyl groups excluding tert-OH is 8. The fourth-order valence-electron chi connectivity index (χ4n) is 13.4. The molecule has 14 nitrogen and oxygen atoms in total. The van der Waals surface area contributed by atoms with Crippen LogP contribution >= 0.6 is 0 Å². The van der Waals surface area contributed by atoms with E-state index in [-0.39, 0.29) is 18.9 Å². The number of carbonyl (C=O) groups excluding carboxylic acids is 1. The molecular weight excluding hydrogens is 1160 g/mol. The largest absolute Gasteiger partial charge is 0.394 e. The Morgan fingerprint density at radius 2 is 0.685 bits per heavy atom. The molecule has 2 fully saturated rings. The van der Waals surface area contributed by atoms with Crippen molar-refractivity contribution in [2.45, 2.75) is 447 Å². The van der Waals surface area contributed by atoms with Crippen molar-refractivity contribution < 1.29 is 64.6 Å². The number of nitrogens with one attached hydrogen (secondary N) is 1. The first-order chi connectivity index (χ1) is 45.1. The van der Waals surface area contributed by atoms with Gasteiger partial charge in [0.1, 0.15) is 48.8 Å². The molecule has 0 aromatic carbocycles. The van der Waals surface area contributed by atoms with E-state index in [1.54, 1.807) is 6.08 Å². The summed E-state index contributed by atoms with van der Waals surface area (Å²) < 4.78 is 22.9. The van der Waals surface area contributed by atoms with Gasteiger partial charge < -0.3 is 65.1 Å². The Morgan fingerprint density at radius 3 is 1.03 bits per heavy atom. The van der Waals surface area contributed by atoms with E-state index in [1.165, 1.54) is 308 Å². The fourth-order valence-corrected chi connectivity index (χ4v) is 13.4. The standard InChI is InChI=1S/C78H149NO13/c1-3-5-7-9-11-13-15-17-19-21-23-25-27-29-31-32-33-34-36-37-39-41-43-45-47-49-51-53-55-57-59-61-67(82)66(65-89-77-75(88)73(86)76(69(64-81)91-77)92-78-74(87)72(85)71(84)68(63-80)90-78)79-70(83)62-60-58-56-54-52-50-48-46-44-42-40-38-35-30-28-26-24-22-20-18-16-14-12-10-8-6-4-2/h22,24,59,61,66-69,71-78,80-82,84-88H,3-21,23,25-58,60,62-65H2,1-2H3,(H,79,83)/b24-22-,61-59+. The van der Waals surface area contributed by atoms with Gasteiger partial charge in [0.15, 0.2) is 12.6 Å². The average Bonchev–Trinajstić information content (AvgIpc) is 0.882. The van der Waals surface area contributed by atoms with Gasteiger partial charge in [-0.25, -0.2) is 0 Å². The maximum Gasteiger partial charge on any atom is 0.220 e. The second-order valence-corrected chi connectivity index (χ2v) is 28.2. The number of rotatable bonds is 67. The highest BCUT2D eigenvalue weighted by atomic mass is 16.7. The third-order valence-electron chi connectivity index (χ3n) is 19.6. The number of allylic oxidation sites excluding steroid dienone is 3. The van der Waals surface area contributed by atoms with Crippen molar-refractivity contribution in [1.29, 1.82) is 0 Å². The molecule has 1 amide bonds. The Labute approximate surface area is 564 Å². The van der Waals surface area contributed by atoms with Crippen molar-refractivity contribution >= 4 is 5.91 Å². The number of unbranched alkanes of at least 4 members (excludes halogenated alkanes) is 52. The summed E-state index contributed by atoms with van der Waals surface area (Å²) in [6.45, 7) is 2.87. The molecule has 12 unspecified atom stereocenters. The molecule has 2 rings (SSSR count). The zero-order valence-electron chi connectivity index (χ0n) is 59.6. The van der Waals surface area contributed by atoms with E-state index in [1.807, 2.05) is 6.08 Å². The minimum Gasteiger partial charge on any atom is -0.394 e. The van der Waals surface area contributed by atoms with Gasteiger partial charge >= 0.3 is 0 Å². The monoisotopic (exact) mass is 1310 g/mol. The van der Waals surface area contributed by atoms with Gasteiger partial charge in [0, 0.05) is 6.42 Å². The van der Waals surface area contributed by atoms with Crippen molar-refractivity contribution in [3.8, 4) is 0 Å². The minimum absolute atomic E-state index is 0.231. The number of carbonyl (C=O) groups is 1. The second-order valence-electron chi connectivity index (χ2n) is 28.2. The molecule has 2 heterocycles. The van der Waals surface area contributed by atoms with Crippen LogP contribution in [0.4, 0.5) is 0 Å². The summed E-state index contributed by atoms with van der Waals surface area (Å²) in [6.07, 6.45) is 64.0. The number of hydrogen-bond acceptors (Lipinski definition) is 13. The molecule has 0 aromatic rings. The Balaban J connectivity index is 1.63. The summed E-state index contributed by atoms with van der Waals surface area (Å²) in [5.41, 5.74) is 0. The van der Waals surface area contributed by atoms with E-state index < -0.39 is 86.8 Å². The molecule has 0 saturated carbocycles. The first-order valence-electron chi connectivity index (χ1n) is 39.6. The molecule has 9 N–H and O–H groups in total. The zero-order valence-corrected chi connectivity index (χ0v) is 59.6. The second kappa shape index (κ2) is 63.0. The van der Waals surface area contributed by atoms with Crippen LogP contribution in [0.1, 0.15) is 373 Å². The molecule has 0 bridgehead atoms. The SMILES string of the molecule is CCCCCCCCCC/C=C\CCCCCCCCCCCCCCCCCC(=O)NC(COC1OC(CO)C(OC2OC(CO)C(O)C(O)C2O)C(O)C1O)C(O)/C=C/CCCCCCCCCCCCCCCCCCCCCCCCCCCCCCC. The van der Waals surface area contributed by atoms with Gasteiger partial charge in [-0.3, -0.25) is 4.79 Å². The quantitative estimate of drug-likeness (QED) is 0.0204. The molecule has 544 valence electrons. The number of ether oxygens (including phenoxy) is 4. The summed E-state index contributed by atoms with van der Waals surface area (Å²) in [7, 11) is 0. The van der Waals surface area contributed by atoms with Crippen LogP contribution in [0, 0.1) is 0 Å². The topological polar surface area (TPSA) is 228 Å². The molecule has 2 aliphatic rings. The van der Waals surface area contributed by atoms with Gasteiger partial charge in [-0.15, -0.1) is 0 Å². The first-order valence-corrected chi connectivity index (χ1v) is 39.6.